The third-order valence-electron chi connectivity index (χ3n) is 2.44. The van der Waals surface area contributed by atoms with Crippen LogP contribution in [0.1, 0.15) is 32.8 Å². The molecule has 1 heterocycles. The Morgan fingerprint density at radius 3 is 2.71 bits per heavy atom. The molecule has 1 aromatic heterocycles. The SMILES string of the molecule is CS(=O)CCCNCc1cnn(C(C)(C)C)c1. The number of hydrogen-bond acceptors (Lipinski definition) is 3. The first-order valence-corrected chi connectivity index (χ1v) is 7.67. The highest BCUT2D eigenvalue weighted by Crippen LogP contribution is 2.12. The predicted octanol–water partition coefficient (Wildman–Crippen LogP) is 1.50. The molecule has 5 heteroatoms. The van der Waals surface area contributed by atoms with Gasteiger partial charge >= 0.3 is 0 Å². The van der Waals surface area contributed by atoms with Crippen LogP contribution in [0, 0.1) is 0 Å². The van der Waals surface area contributed by atoms with Gasteiger partial charge in [0.25, 0.3) is 0 Å². The predicted molar refractivity (Wildman–Crippen MR) is 72.5 cm³/mol. The summed E-state index contributed by atoms with van der Waals surface area (Å²) in [5.41, 5.74) is 1.23. The van der Waals surface area contributed by atoms with Gasteiger partial charge in [0, 0.05) is 41.1 Å². The fourth-order valence-corrected chi connectivity index (χ4v) is 2.00. The highest BCUT2D eigenvalue weighted by molar-refractivity contribution is 7.84. The zero-order valence-corrected chi connectivity index (χ0v) is 12.0. The van der Waals surface area contributed by atoms with E-state index in [2.05, 4.69) is 37.4 Å². The number of rotatable bonds is 6. The first-order valence-electron chi connectivity index (χ1n) is 5.94. The zero-order chi connectivity index (χ0) is 12.9. The number of aromatic nitrogens is 2. The molecular weight excluding hydrogens is 234 g/mol. The van der Waals surface area contributed by atoms with E-state index in [-0.39, 0.29) is 5.54 Å². The van der Waals surface area contributed by atoms with E-state index in [9.17, 15) is 4.21 Å². The summed E-state index contributed by atoms with van der Waals surface area (Å²) in [5.74, 6) is 0.772. The van der Waals surface area contributed by atoms with Crippen LogP contribution in [0.3, 0.4) is 0 Å². The number of nitrogens with zero attached hydrogens (tertiary/aromatic N) is 2. The Morgan fingerprint density at radius 2 is 2.18 bits per heavy atom. The quantitative estimate of drug-likeness (QED) is 0.786. The molecule has 0 aliphatic heterocycles. The maximum Gasteiger partial charge on any atom is 0.0543 e. The second-order valence-corrected chi connectivity index (χ2v) is 6.83. The molecular formula is C12H23N3OS. The summed E-state index contributed by atoms with van der Waals surface area (Å²) in [6.07, 6.45) is 6.67. The van der Waals surface area contributed by atoms with Crippen LogP contribution in [0.15, 0.2) is 12.4 Å². The molecule has 1 rings (SSSR count). The molecule has 98 valence electrons. The third-order valence-corrected chi connectivity index (χ3v) is 3.30. The van der Waals surface area contributed by atoms with Gasteiger partial charge in [0.15, 0.2) is 0 Å². The minimum Gasteiger partial charge on any atom is -0.313 e. The smallest absolute Gasteiger partial charge is 0.0543 e. The molecule has 0 aliphatic rings. The Hall–Kier alpha value is -0.680. The molecule has 0 amide bonds. The van der Waals surface area contributed by atoms with E-state index in [4.69, 9.17) is 0 Å². The largest absolute Gasteiger partial charge is 0.313 e. The number of hydrogen-bond donors (Lipinski definition) is 1. The molecule has 0 spiro atoms. The van der Waals surface area contributed by atoms with E-state index >= 15 is 0 Å². The van der Waals surface area contributed by atoms with Crippen molar-refractivity contribution in [2.45, 2.75) is 39.3 Å². The Morgan fingerprint density at radius 1 is 1.47 bits per heavy atom. The zero-order valence-electron chi connectivity index (χ0n) is 11.2. The highest BCUT2D eigenvalue weighted by Gasteiger charge is 2.13. The van der Waals surface area contributed by atoms with Gasteiger partial charge in [0.2, 0.25) is 0 Å². The van der Waals surface area contributed by atoms with Gasteiger partial charge in [-0.2, -0.15) is 5.10 Å². The van der Waals surface area contributed by atoms with Gasteiger partial charge < -0.3 is 5.32 Å². The lowest BCUT2D eigenvalue weighted by Gasteiger charge is -2.18. The Labute approximate surface area is 106 Å². The summed E-state index contributed by atoms with van der Waals surface area (Å²) in [6.45, 7) is 8.13. The second kappa shape index (κ2) is 6.31. The van der Waals surface area contributed by atoms with Crippen LogP contribution in [0.5, 0.6) is 0 Å². The molecule has 0 fully saturated rings. The molecule has 0 bridgehead atoms. The maximum absolute atomic E-state index is 10.9. The lowest BCUT2D eigenvalue weighted by atomic mass is 10.1. The van der Waals surface area contributed by atoms with Crippen molar-refractivity contribution >= 4 is 10.8 Å². The van der Waals surface area contributed by atoms with Gasteiger partial charge in [-0.15, -0.1) is 0 Å². The Balaban J connectivity index is 2.28. The van der Waals surface area contributed by atoms with Crippen LogP contribution < -0.4 is 5.32 Å². The van der Waals surface area contributed by atoms with Crippen molar-refractivity contribution < 1.29 is 4.21 Å². The fourth-order valence-electron chi connectivity index (χ4n) is 1.45. The second-order valence-electron chi connectivity index (χ2n) is 5.27. The topological polar surface area (TPSA) is 46.9 Å². The van der Waals surface area contributed by atoms with Crippen molar-refractivity contribution in [2.24, 2.45) is 0 Å². The average Bonchev–Trinajstić information content (AvgIpc) is 2.64. The summed E-state index contributed by atoms with van der Waals surface area (Å²) < 4.78 is 12.8. The van der Waals surface area contributed by atoms with E-state index < -0.39 is 10.8 Å². The van der Waals surface area contributed by atoms with Gasteiger partial charge in [-0.3, -0.25) is 8.89 Å². The van der Waals surface area contributed by atoms with Crippen LogP contribution in [0.2, 0.25) is 0 Å². The van der Waals surface area contributed by atoms with E-state index in [0.717, 1.165) is 25.3 Å². The van der Waals surface area contributed by atoms with Crippen LogP contribution >= 0.6 is 0 Å². The number of nitrogens with one attached hydrogen (secondary N) is 1. The maximum atomic E-state index is 10.9. The standard InChI is InChI=1S/C12H23N3OS/c1-12(2,3)15-10-11(9-14-15)8-13-6-5-7-17(4)16/h9-10,13H,5-8H2,1-4H3. The first-order chi connectivity index (χ1) is 7.89. The van der Waals surface area contributed by atoms with E-state index in [1.54, 1.807) is 6.26 Å². The fraction of sp³-hybridized carbons (Fsp3) is 0.750. The average molecular weight is 257 g/mol. The molecule has 0 radical (unpaired) electrons. The summed E-state index contributed by atoms with van der Waals surface area (Å²) in [7, 11) is -0.678. The molecule has 0 saturated carbocycles. The molecule has 0 saturated heterocycles. The van der Waals surface area contributed by atoms with Crippen molar-refractivity contribution in [3.8, 4) is 0 Å². The summed E-state index contributed by atoms with van der Waals surface area (Å²) in [6, 6.07) is 0. The van der Waals surface area contributed by atoms with Crippen LogP contribution in [0.25, 0.3) is 0 Å². The minimum atomic E-state index is -0.678. The van der Waals surface area contributed by atoms with Crippen molar-refractivity contribution in [1.82, 2.24) is 15.1 Å². The highest BCUT2D eigenvalue weighted by atomic mass is 32.2. The van der Waals surface area contributed by atoms with E-state index in [1.807, 2.05) is 10.9 Å². The van der Waals surface area contributed by atoms with Gasteiger partial charge in [-0.25, -0.2) is 0 Å². The molecule has 1 unspecified atom stereocenters. The Bertz CT molecular complexity index is 368. The lowest BCUT2D eigenvalue weighted by molar-refractivity contribution is 0.355. The normalized spacial score (nSPS) is 13.9. The molecule has 4 nitrogen and oxygen atoms in total. The third kappa shape index (κ3) is 5.46. The monoisotopic (exact) mass is 257 g/mol. The van der Waals surface area contributed by atoms with Gasteiger partial charge in [0.1, 0.15) is 0 Å². The Kier molecular flexibility index (Phi) is 5.33. The van der Waals surface area contributed by atoms with E-state index in [1.165, 1.54) is 5.56 Å². The van der Waals surface area contributed by atoms with Crippen molar-refractivity contribution in [1.29, 1.82) is 0 Å². The minimum absolute atomic E-state index is 0.0390. The van der Waals surface area contributed by atoms with Gasteiger partial charge in [0.05, 0.1) is 11.7 Å². The van der Waals surface area contributed by atoms with Crippen LogP contribution in [0.4, 0.5) is 0 Å². The molecule has 17 heavy (non-hydrogen) atoms. The van der Waals surface area contributed by atoms with E-state index in [0.29, 0.717) is 0 Å². The lowest BCUT2D eigenvalue weighted by Crippen LogP contribution is -2.22. The van der Waals surface area contributed by atoms with Crippen LogP contribution in [-0.2, 0) is 22.9 Å². The summed E-state index contributed by atoms with van der Waals surface area (Å²) in [4.78, 5) is 0. The van der Waals surface area contributed by atoms with Gasteiger partial charge in [-0.05, 0) is 33.7 Å². The van der Waals surface area contributed by atoms with Crippen molar-refractivity contribution in [3.05, 3.63) is 18.0 Å². The van der Waals surface area contributed by atoms with Crippen LogP contribution in [-0.4, -0.2) is 32.5 Å². The summed E-state index contributed by atoms with van der Waals surface area (Å²) in [5, 5.41) is 7.68. The molecule has 0 aromatic carbocycles. The molecule has 1 aromatic rings. The van der Waals surface area contributed by atoms with Crippen molar-refractivity contribution in [2.75, 3.05) is 18.6 Å². The molecule has 0 aliphatic carbocycles. The molecule has 1 N–H and O–H groups in total. The first kappa shape index (κ1) is 14.4. The van der Waals surface area contributed by atoms with Gasteiger partial charge in [-0.1, -0.05) is 0 Å². The van der Waals surface area contributed by atoms with Crippen molar-refractivity contribution in [3.63, 3.8) is 0 Å². The summed E-state index contributed by atoms with van der Waals surface area (Å²) >= 11 is 0. The molecule has 1 atom stereocenters.